The molecule has 4 aromatic heterocycles. The Kier molecular flexibility index (Phi) is 4.79. The number of rotatable bonds is 6. The second kappa shape index (κ2) is 7.54. The van der Waals surface area contributed by atoms with Crippen molar-refractivity contribution in [3.8, 4) is 11.1 Å². The van der Waals surface area contributed by atoms with E-state index in [4.69, 9.17) is 0 Å². The maximum absolute atomic E-state index is 13.1. The normalized spacial score (nSPS) is 16.8. The third kappa shape index (κ3) is 3.65. The Morgan fingerprint density at radius 3 is 2.94 bits per heavy atom. The van der Waals surface area contributed by atoms with E-state index in [2.05, 4.69) is 44.5 Å². The van der Waals surface area contributed by atoms with Crippen molar-refractivity contribution in [1.82, 2.24) is 29.9 Å². The molecule has 0 saturated heterocycles. The van der Waals surface area contributed by atoms with Gasteiger partial charge in [-0.1, -0.05) is 6.92 Å². The number of nitrogens with one attached hydrogen (secondary N) is 3. The predicted molar refractivity (Wildman–Crippen MR) is 117 cm³/mol. The summed E-state index contributed by atoms with van der Waals surface area (Å²) in [5.74, 6) is -2.53. The molecule has 8 nitrogen and oxygen atoms in total. The van der Waals surface area contributed by atoms with Gasteiger partial charge in [-0.2, -0.15) is 10.1 Å². The molecule has 0 aromatic carbocycles. The summed E-state index contributed by atoms with van der Waals surface area (Å²) in [6.07, 6.45) is 7.14. The molecule has 0 spiro atoms. The number of pyridine rings is 1. The van der Waals surface area contributed by atoms with E-state index in [9.17, 15) is 13.6 Å². The van der Waals surface area contributed by atoms with Gasteiger partial charge in [-0.3, -0.25) is 4.79 Å². The van der Waals surface area contributed by atoms with Gasteiger partial charge in [0.2, 0.25) is 5.95 Å². The summed E-state index contributed by atoms with van der Waals surface area (Å²) in [6.45, 7) is 4.16. The number of carbonyl (C=O) groups is 1. The topological polar surface area (TPSA) is 100 Å². The summed E-state index contributed by atoms with van der Waals surface area (Å²) in [5, 5.41) is 11.0. The molecule has 0 radical (unpaired) electrons. The highest BCUT2D eigenvalue weighted by Gasteiger charge is 2.46. The molecule has 1 aliphatic rings. The lowest BCUT2D eigenvalue weighted by Gasteiger charge is -2.35. The zero-order valence-corrected chi connectivity index (χ0v) is 17.7. The summed E-state index contributed by atoms with van der Waals surface area (Å²) in [6, 6.07) is 3.49. The Labute approximate surface area is 182 Å². The van der Waals surface area contributed by atoms with Crippen LogP contribution in [0, 0.1) is 0 Å². The van der Waals surface area contributed by atoms with Gasteiger partial charge in [0.25, 0.3) is 11.8 Å². The van der Waals surface area contributed by atoms with Gasteiger partial charge >= 0.3 is 0 Å². The molecular formula is C22H23F2N7O. The van der Waals surface area contributed by atoms with Gasteiger partial charge in [0.05, 0.1) is 17.3 Å². The first-order valence-electron chi connectivity index (χ1n) is 10.6. The van der Waals surface area contributed by atoms with Crippen LogP contribution in [0.5, 0.6) is 0 Å². The maximum atomic E-state index is 13.1. The van der Waals surface area contributed by atoms with Gasteiger partial charge in [0, 0.05) is 54.5 Å². The van der Waals surface area contributed by atoms with E-state index < -0.39 is 17.9 Å². The second-order valence-electron chi connectivity index (χ2n) is 8.35. The minimum Gasteiger partial charge on any atom is -0.352 e. The molecule has 0 bridgehead atoms. The standard InChI is InChI=1S/C22H23F2N7O/c1-3-12(2)28-21-26-10-16-15(9-25-19(16)30-21)13-4-5-31-18(6-13)17(11-27-31)20(32)29-14-7-22(23,24)8-14/h4-6,9-12,14H,3,7-8H2,1-2H3,(H,29,32)(H2,25,26,28,30). The van der Waals surface area contributed by atoms with Gasteiger partial charge in [0.1, 0.15) is 5.65 Å². The SMILES string of the molecule is CCC(C)Nc1ncc2c(-c3ccn4ncc(C(=O)NC5CC(F)(F)C5)c4c3)c[nH]c2n1. The highest BCUT2D eigenvalue weighted by molar-refractivity contribution is 6.02. The second-order valence-corrected chi connectivity index (χ2v) is 8.35. The largest absolute Gasteiger partial charge is 0.352 e. The van der Waals surface area contributed by atoms with E-state index in [0.717, 1.165) is 22.9 Å². The zero-order chi connectivity index (χ0) is 22.5. The molecular weight excluding hydrogens is 416 g/mol. The fourth-order valence-electron chi connectivity index (χ4n) is 3.89. The Bertz CT molecular complexity index is 1300. The van der Waals surface area contributed by atoms with Gasteiger partial charge < -0.3 is 15.6 Å². The molecule has 1 fully saturated rings. The highest BCUT2D eigenvalue weighted by Crippen LogP contribution is 2.37. The number of H-pyrrole nitrogens is 1. The molecule has 3 N–H and O–H groups in total. The predicted octanol–water partition coefficient (Wildman–Crippen LogP) is 4.01. The monoisotopic (exact) mass is 439 g/mol. The number of amides is 1. The van der Waals surface area contributed by atoms with Crippen LogP contribution in [0.15, 0.2) is 36.9 Å². The first kappa shape index (κ1) is 20.3. The molecule has 4 heterocycles. The van der Waals surface area contributed by atoms with Crippen LogP contribution in [0.1, 0.15) is 43.5 Å². The number of anilines is 1. The van der Waals surface area contributed by atoms with Gasteiger partial charge in [0.15, 0.2) is 0 Å². The Balaban J connectivity index is 1.44. The van der Waals surface area contributed by atoms with Crippen LogP contribution in [0.25, 0.3) is 27.7 Å². The van der Waals surface area contributed by atoms with Crippen LogP contribution < -0.4 is 10.6 Å². The lowest BCUT2D eigenvalue weighted by molar-refractivity contribution is -0.0901. The van der Waals surface area contributed by atoms with E-state index in [0.29, 0.717) is 22.7 Å². The molecule has 4 aromatic rings. The fraction of sp³-hybridized carbons (Fsp3) is 0.364. The van der Waals surface area contributed by atoms with Crippen molar-refractivity contribution in [3.63, 3.8) is 0 Å². The van der Waals surface area contributed by atoms with Crippen molar-refractivity contribution in [3.05, 3.63) is 42.5 Å². The number of halogens is 2. The van der Waals surface area contributed by atoms with Crippen molar-refractivity contribution in [2.75, 3.05) is 5.32 Å². The van der Waals surface area contributed by atoms with Crippen molar-refractivity contribution in [2.45, 2.75) is 51.1 Å². The summed E-state index contributed by atoms with van der Waals surface area (Å²) in [7, 11) is 0. The molecule has 1 aliphatic carbocycles. The van der Waals surface area contributed by atoms with Crippen LogP contribution in [0.4, 0.5) is 14.7 Å². The number of hydrogen-bond donors (Lipinski definition) is 3. The summed E-state index contributed by atoms with van der Waals surface area (Å²) >= 11 is 0. The van der Waals surface area contributed by atoms with Gasteiger partial charge in [-0.25, -0.2) is 18.3 Å². The zero-order valence-electron chi connectivity index (χ0n) is 17.7. The fourth-order valence-corrected chi connectivity index (χ4v) is 3.89. The lowest BCUT2D eigenvalue weighted by Crippen LogP contribution is -2.50. The smallest absolute Gasteiger partial charge is 0.255 e. The maximum Gasteiger partial charge on any atom is 0.255 e. The van der Waals surface area contributed by atoms with Crippen LogP contribution in [-0.4, -0.2) is 48.5 Å². The third-order valence-corrected chi connectivity index (χ3v) is 5.92. The van der Waals surface area contributed by atoms with Crippen molar-refractivity contribution in [2.24, 2.45) is 0 Å². The van der Waals surface area contributed by atoms with Crippen molar-refractivity contribution in [1.29, 1.82) is 0 Å². The van der Waals surface area contributed by atoms with Crippen LogP contribution in [-0.2, 0) is 0 Å². The first-order valence-corrected chi connectivity index (χ1v) is 10.6. The number of nitrogens with zero attached hydrogens (tertiary/aromatic N) is 4. The van der Waals surface area contributed by atoms with E-state index in [1.807, 2.05) is 18.3 Å². The first-order chi connectivity index (χ1) is 15.3. The van der Waals surface area contributed by atoms with E-state index in [1.165, 1.54) is 6.20 Å². The van der Waals surface area contributed by atoms with E-state index >= 15 is 0 Å². The Morgan fingerprint density at radius 1 is 1.38 bits per heavy atom. The molecule has 0 aliphatic heterocycles. The minimum absolute atomic E-state index is 0.266. The van der Waals surface area contributed by atoms with Crippen LogP contribution in [0.2, 0.25) is 0 Å². The number of hydrogen-bond acceptors (Lipinski definition) is 5. The van der Waals surface area contributed by atoms with E-state index in [-0.39, 0.29) is 18.9 Å². The number of carbonyl (C=O) groups excluding carboxylic acids is 1. The molecule has 10 heteroatoms. The quantitative estimate of drug-likeness (QED) is 0.422. The lowest BCUT2D eigenvalue weighted by atomic mass is 9.88. The molecule has 32 heavy (non-hydrogen) atoms. The molecule has 5 rings (SSSR count). The van der Waals surface area contributed by atoms with Crippen LogP contribution in [0.3, 0.4) is 0 Å². The van der Waals surface area contributed by atoms with E-state index in [1.54, 1.807) is 16.9 Å². The number of aromatic amines is 1. The molecule has 1 amide bonds. The summed E-state index contributed by atoms with van der Waals surface area (Å²) < 4.78 is 27.8. The van der Waals surface area contributed by atoms with Crippen molar-refractivity contribution < 1.29 is 13.6 Å². The molecule has 1 atom stereocenters. The average molecular weight is 439 g/mol. The number of aromatic nitrogens is 5. The molecule has 1 unspecified atom stereocenters. The summed E-state index contributed by atoms with van der Waals surface area (Å²) in [4.78, 5) is 24.8. The Morgan fingerprint density at radius 2 is 2.19 bits per heavy atom. The van der Waals surface area contributed by atoms with Crippen LogP contribution >= 0.6 is 0 Å². The van der Waals surface area contributed by atoms with Crippen molar-refractivity contribution >= 4 is 28.4 Å². The molecule has 166 valence electrons. The van der Waals surface area contributed by atoms with Gasteiger partial charge in [-0.15, -0.1) is 0 Å². The third-order valence-electron chi connectivity index (χ3n) is 5.92. The van der Waals surface area contributed by atoms with Gasteiger partial charge in [-0.05, 0) is 31.0 Å². The number of fused-ring (bicyclic) bond motifs is 2. The minimum atomic E-state index is -2.69. The average Bonchev–Trinajstić information content (AvgIpc) is 3.35. The Hall–Kier alpha value is -3.56. The molecule has 1 saturated carbocycles. The number of alkyl halides is 2. The summed E-state index contributed by atoms with van der Waals surface area (Å²) in [5.41, 5.74) is 3.40. The highest BCUT2D eigenvalue weighted by atomic mass is 19.3.